The van der Waals surface area contributed by atoms with Crippen LogP contribution in [0.2, 0.25) is 0 Å². The molecule has 0 aromatic rings. The number of thioether (sulfide) groups is 1. The summed E-state index contributed by atoms with van der Waals surface area (Å²) in [5, 5.41) is 0. The first-order valence-corrected chi connectivity index (χ1v) is 10.0. The van der Waals surface area contributed by atoms with Crippen molar-refractivity contribution in [3.8, 4) is 0 Å². The summed E-state index contributed by atoms with van der Waals surface area (Å²) in [7, 11) is 0. The number of rotatable bonds is 0. The van der Waals surface area contributed by atoms with Crippen molar-refractivity contribution in [1.29, 1.82) is 0 Å². The van der Waals surface area contributed by atoms with Gasteiger partial charge in [-0.3, -0.25) is 4.79 Å². The fourth-order valence-electron chi connectivity index (χ4n) is 6.21. The zero-order chi connectivity index (χ0) is 14.7. The highest BCUT2D eigenvalue weighted by atomic mass is 32.2. The molecule has 1 aliphatic heterocycles. The van der Waals surface area contributed by atoms with Gasteiger partial charge >= 0.3 is 0 Å². The van der Waals surface area contributed by atoms with E-state index in [0.717, 1.165) is 30.6 Å². The molecule has 0 aromatic carbocycles. The molecule has 21 heavy (non-hydrogen) atoms. The molecule has 4 aliphatic rings. The lowest BCUT2D eigenvalue weighted by Crippen LogP contribution is -2.52. The number of carbonyl (C=O) groups excluding carboxylic acids is 1. The van der Waals surface area contributed by atoms with Crippen molar-refractivity contribution in [2.75, 3.05) is 11.5 Å². The molecule has 0 aromatic heterocycles. The molecule has 3 fully saturated rings. The SMILES string of the molecule is CC12CCC3C(CCC4=CC(=O)CCC43C)C1CCSC2. The van der Waals surface area contributed by atoms with Crippen LogP contribution in [-0.4, -0.2) is 17.3 Å². The topological polar surface area (TPSA) is 17.1 Å². The molecule has 5 unspecified atom stereocenters. The van der Waals surface area contributed by atoms with Crippen molar-refractivity contribution >= 4 is 17.5 Å². The maximum atomic E-state index is 11.8. The van der Waals surface area contributed by atoms with Crippen molar-refractivity contribution in [2.45, 2.75) is 58.8 Å². The van der Waals surface area contributed by atoms with Crippen LogP contribution in [0, 0.1) is 28.6 Å². The van der Waals surface area contributed by atoms with E-state index in [0.29, 0.717) is 16.6 Å². The Hall–Kier alpha value is -0.240. The number of ketones is 1. The Bertz CT molecular complexity index is 496. The van der Waals surface area contributed by atoms with Crippen LogP contribution in [0.4, 0.5) is 0 Å². The van der Waals surface area contributed by atoms with Crippen molar-refractivity contribution in [3.63, 3.8) is 0 Å². The minimum Gasteiger partial charge on any atom is -0.295 e. The molecule has 1 nitrogen and oxygen atoms in total. The van der Waals surface area contributed by atoms with Crippen molar-refractivity contribution in [2.24, 2.45) is 28.6 Å². The van der Waals surface area contributed by atoms with E-state index in [1.165, 1.54) is 49.2 Å². The van der Waals surface area contributed by atoms with E-state index in [1.807, 2.05) is 6.08 Å². The molecule has 0 N–H and O–H groups in total. The third kappa shape index (κ3) is 2.08. The number of carbonyl (C=O) groups is 1. The van der Waals surface area contributed by atoms with Crippen LogP contribution in [0.25, 0.3) is 0 Å². The predicted octanol–water partition coefficient (Wildman–Crippen LogP) is 4.86. The smallest absolute Gasteiger partial charge is 0.155 e. The molecule has 0 bridgehead atoms. The van der Waals surface area contributed by atoms with Gasteiger partial charge in [0.25, 0.3) is 0 Å². The highest BCUT2D eigenvalue weighted by Crippen LogP contribution is 2.63. The Morgan fingerprint density at radius 3 is 2.81 bits per heavy atom. The van der Waals surface area contributed by atoms with Gasteiger partial charge in [0.15, 0.2) is 5.78 Å². The van der Waals surface area contributed by atoms with E-state index in [2.05, 4.69) is 25.6 Å². The van der Waals surface area contributed by atoms with Crippen molar-refractivity contribution in [3.05, 3.63) is 11.6 Å². The van der Waals surface area contributed by atoms with E-state index in [1.54, 1.807) is 0 Å². The van der Waals surface area contributed by atoms with Gasteiger partial charge in [-0.1, -0.05) is 19.4 Å². The Balaban J connectivity index is 1.68. The van der Waals surface area contributed by atoms with Gasteiger partial charge in [-0.25, -0.2) is 0 Å². The van der Waals surface area contributed by atoms with E-state index in [4.69, 9.17) is 0 Å². The van der Waals surface area contributed by atoms with Gasteiger partial charge in [-0.15, -0.1) is 0 Å². The zero-order valence-electron chi connectivity index (χ0n) is 13.5. The minimum absolute atomic E-state index is 0.350. The second kappa shape index (κ2) is 4.88. The maximum absolute atomic E-state index is 11.8. The van der Waals surface area contributed by atoms with Crippen LogP contribution < -0.4 is 0 Å². The first-order chi connectivity index (χ1) is 10.0. The van der Waals surface area contributed by atoms with Crippen LogP contribution in [0.1, 0.15) is 58.8 Å². The van der Waals surface area contributed by atoms with Gasteiger partial charge in [-0.2, -0.15) is 11.8 Å². The number of hydrogen-bond acceptors (Lipinski definition) is 2. The molecular weight excluding hydrogens is 276 g/mol. The molecule has 2 saturated carbocycles. The number of allylic oxidation sites excluding steroid dienone is 2. The summed E-state index contributed by atoms with van der Waals surface area (Å²) in [4.78, 5) is 11.8. The molecule has 116 valence electrons. The fraction of sp³-hybridized carbons (Fsp3) is 0.842. The standard InChI is InChI=1S/C19H28OS/c1-18-8-6-17-15(16(18)7-10-21-12-18)4-3-13-11-14(20)5-9-19(13,17)2/h11,15-17H,3-10,12H2,1-2H3. The van der Waals surface area contributed by atoms with Gasteiger partial charge < -0.3 is 0 Å². The van der Waals surface area contributed by atoms with Gasteiger partial charge in [0.2, 0.25) is 0 Å². The van der Waals surface area contributed by atoms with Gasteiger partial charge in [-0.05, 0) is 84.7 Å². The lowest BCUT2D eigenvalue weighted by molar-refractivity contribution is -0.117. The lowest BCUT2D eigenvalue weighted by atomic mass is 9.47. The number of fused-ring (bicyclic) bond motifs is 5. The average Bonchev–Trinajstić information content (AvgIpc) is 2.47. The maximum Gasteiger partial charge on any atom is 0.155 e. The predicted molar refractivity (Wildman–Crippen MR) is 89.4 cm³/mol. The highest BCUT2D eigenvalue weighted by molar-refractivity contribution is 7.99. The van der Waals surface area contributed by atoms with Crippen LogP contribution in [0.15, 0.2) is 11.6 Å². The van der Waals surface area contributed by atoms with Crippen LogP contribution in [0.3, 0.4) is 0 Å². The van der Waals surface area contributed by atoms with Crippen LogP contribution in [-0.2, 0) is 4.79 Å². The summed E-state index contributed by atoms with van der Waals surface area (Å²) in [6, 6.07) is 0. The van der Waals surface area contributed by atoms with Crippen molar-refractivity contribution in [1.82, 2.24) is 0 Å². The Morgan fingerprint density at radius 2 is 1.95 bits per heavy atom. The average molecular weight is 304 g/mol. The van der Waals surface area contributed by atoms with E-state index in [9.17, 15) is 4.79 Å². The summed E-state index contributed by atoms with van der Waals surface area (Å²) in [6.45, 7) is 5.06. The summed E-state index contributed by atoms with van der Waals surface area (Å²) < 4.78 is 0. The van der Waals surface area contributed by atoms with Crippen LogP contribution >= 0.6 is 11.8 Å². The summed E-state index contributed by atoms with van der Waals surface area (Å²) >= 11 is 2.18. The first kappa shape index (κ1) is 14.4. The minimum atomic E-state index is 0.350. The number of hydrogen-bond donors (Lipinski definition) is 0. The zero-order valence-corrected chi connectivity index (χ0v) is 14.3. The Kier molecular flexibility index (Phi) is 3.33. The molecule has 0 amide bonds. The van der Waals surface area contributed by atoms with Gasteiger partial charge in [0, 0.05) is 6.42 Å². The first-order valence-electron chi connectivity index (χ1n) is 8.85. The molecule has 1 saturated heterocycles. The van der Waals surface area contributed by atoms with Gasteiger partial charge in [0.1, 0.15) is 0 Å². The van der Waals surface area contributed by atoms with Gasteiger partial charge in [0.05, 0.1) is 0 Å². The third-order valence-electron chi connectivity index (χ3n) is 7.49. The van der Waals surface area contributed by atoms with E-state index < -0.39 is 0 Å². The molecular formula is C19H28OS. The quantitative estimate of drug-likeness (QED) is 0.635. The molecule has 3 aliphatic carbocycles. The summed E-state index contributed by atoms with van der Waals surface area (Å²) in [5.74, 6) is 5.89. The van der Waals surface area contributed by atoms with Crippen molar-refractivity contribution < 1.29 is 4.79 Å². The lowest BCUT2D eigenvalue weighted by Gasteiger charge is -2.60. The Morgan fingerprint density at radius 1 is 1.10 bits per heavy atom. The molecule has 0 radical (unpaired) electrons. The van der Waals surface area contributed by atoms with E-state index in [-0.39, 0.29) is 0 Å². The second-order valence-corrected chi connectivity index (χ2v) is 9.61. The molecule has 0 spiro atoms. The fourth-order valence-corrected chi connectivity index (χ4v) is 7.60. The monoisotopic (exact) mass is 304 g/mol. The second-order valence-electron chi connectivity index (χ2n) is 8.50. The Labute approximate surface area is 133 Å². The molecule has 2 heteroatoms. The van der Waals surface area contributed by atoms with E-state index >= 15 is 0 Å². The molecule has 1 heterocycles. The normalized spacial score (nSPS) is 49.7. The molecule has 5 atom stereocenters. The highest BCUT2D eigenvalue weighted by Gasteiger charge is 2.55. The third-order valence-corrected chi connectivity index (χ3v) is 8.87. The summed E-state index contributed by atoms with van der Waals surface area (Å²) in [5.41, 5.74) is 2.46. The van der Waals surface area contributed by atoms with Crippen LogP contribution in [0.5, 0.6) is 0 Å². The largest absolute Gasteiger partial charge is 0.295 e. The molecule has 4 rings (SSSR count). The summed E-state index contributed by atoms with van der Waals surface area (Å²) in [6.07, 6.45) is 10.8.